The Balaban J connectivity index is 3.15. The average molecular weight is 338 g/mol. The normalized spacial score (nSPS) is 12.9. The SMILES string of the molecule is COC(C[SiH2]CCCNCCC[SiH2]CC(OC)OC)OC. The van der Waals surface area contributed by atoms with Crippen molar-refractivity contribution in [3.8, 4) is 0 Å². The van der Waals surface area contributed by atoms with Crippen LogP contribution < -0.4 is 5.32 Å². The Morgan fingerprint density at radius 2 is 1.10 bits per heavy atom. The summed E-state index contributed by atoms with van der Waals surface area (Å²) < 4.78 is 20.8. The van der Waals surface area contributed by atoms with E-state index in [1.54, 1.807) is 28.4 Å². The lowest BCUT2D eigenvalue weighted by molar-refractivity contribution is -0.0878. The molecule has 0 aliphatic rings. The molecule has 0 aromatic rings. The molecule has 1 N–H and O–H groups in total. The van der Waals surface area contributed by atoms with Crippen LogP contribution in [0.25, 0.3) is 0 Å². The van der Waals surface area contributed by atoms with Crippen LogP contribution in [0.5, 0.6) is 0 Å². The zero-order valence-corrected chi connectivity index (χ0v) is 17.2. The Morgan fingerprint density at radius 1 is 0.714 bits per heavy atom. The second-order valence-corrected chi connectivity index (χ2v) is 9.23. The summed E-state index contributed by atoms with van der Waals surface area (Å²) in [6.45, 7) is 2.30. The fraction of sp³-hybridized carbons (Fsp3) is 1.00. The summed E-state index contributed by atoms with van der Waals surface area (Å²) in [5, 5.41) is 3.54. The maximum atomic E-state index is 5.20. The molecule has 0 atom stereocenters. The number of nitrogens with one attached hydrogen (secondary N) is 1. The van der Waals surface area contributed by atoms with E-state index in [4.69, 9.17) is 18.9 Å². The lowest BCUT2D eigenvalue weighted by atomic mass is 10.4. The second-order valence-electron chi connectivity index (χ2n) is 5.25. The van der Waals surface area contributed by atoms with E-state index in [0.717, 1.165) is 25.2 Å². The quantitative estimate of drug-likeness (QED) is 0.254. The van der Waals surface area contributed by atoms with E-state index in [2.05, 4.69) is 5.32 Å². The predicted octanol–water partition coefficient (Wildman–Crippen LogP) is 0.605. The minimum atomic E-state index is -0.0313. The molecule has 21 heavy (non-hydrogen) atoms. The smallest absolute Gasteiger partial charge is 0.153 e. The van der Waals surface area contributed by atoms with Gasteiger partial charge >= 0.3 is 0 Å². The Kier molecular flexibility index (Phi) is 16.8. The minimum absolute atomic E-state index is 0.0256. The van der Waals surface area contributed by atoms with Crippen LogP contribution in [0.3, 0.4) is 0 Å². The Labute approximate surface area is 135 Å². The van der Waals surface area contributed by atoms with Crippen molar-refractivity contribution in [3.05, 3.63) is 0 Å². The molecular formula is C14H35NO4Si2. The highest BCUT2D eigenvalue weighted by Crippen LogP contribution is 2.02. The molecule has 128 valence electrons. The predicted molar refractivity (Wildman–Crippen MR) is 94.0 cm³/mol. The second kappa shape index (κ2) is 16.6. The average Bonchev–Trinajstić information content (AvgIpc) is 2.52. The van der Waals surface area contributed by atoms with Crippen molar-refractivity contribution in [3.63, 3.8) is 0 Å². The lowest BCUT2D eigenvalue weighted by Gasteiger charge is -2.12. The third-order valence-electron chi connectivity index (χ3n) is 3.64. The molecule has 0 saturated carbocycles. The highest BCUT2D eigenvalue weighted by molar-refractivity contribution is 6.35. The van der Waals surface area contributed by atoms with Gasteiger partial charge < -0.3 is 24.3 Å². The van der Waals surface area contributed by atoms with Crippen LogP contribution in [-0.4, -0.2) is 73.1 Å². The van der Waals surface area contributed by atoms with E-state index >= 15 is 0 Å². The van der Waals surface area contributed by atoms with Gasteiger partial charge in [0.05, 0.1) is 0 Å². The summed E-state index contributed by atoms with van der Waals surface area (Å²) >= 11 is 0. The van der Waals surface area contributed by atoms with Crippen molar-refractivity contribution >= 4 is 19.0 Å². The number of hydrogen-bond donors (Lipinski definition) is 1. The van der Waals surface area contributed by atoms with E-state index in [-0.39, 0.29) is 31.6 Å². The van der Waals surface area contributed by atoms with Crippen molar-refractivity contribution in [1.82, 2.24) is 5.32 Å². The molecule has 0 aliphatic carbocycles. The molecule has 7 heteroatoms. The van der Waals surface area contributed by atoms with Crippen molar-refractivity contribution < 1.29 is 18.9 Å². The van der Waals surface area contributed by atoms with Crippen molar-refractivity contribution in [2.45, 2.75) is 49.6 Å². The Bertz CT molecular complexity index is 185. The summed E-state index contributed by atoms with van der Waals surface area (Å²) in [6.07, 6.45) is 2.63. The monoisotopic (exact) mass is 337 g/mol. The summed E-state index contributed by atoms with van der Waals surface area (Å²) in [6, 6.07) is 4.99. The van der Waals surface area contributed by atoms with E-state index in [1.807, 2.05) is 0 Å². The van der Waals surface area contributed by atoms with Crippen LogP contribution in [0.2, 0.25) is 24.2 Å². The summed E-state index contributed by atoms with van der Waals surface area (Å²) in [5.41, 5.74) is 0. The van der Waals surface area contributed by atoms with Gasteiger partial charge in [-0.25, -0.2) is 0 Å². The Morgan fingerprint density at radius 3 is 1.43 bits per heavy atom. The van der Waals surface area contributed by atoms with Crippen LogP contribution in [0, 0.1) is 0 Å². The van der Waals surface area contributed by atoms with Gasteiger partial charge in [-0.2, -0.15) is 0 Å². The van der Waals surface area contributed by atoms with Gasteiger partial charge in [0.2, 0.25) is 0 Å². The lowest BCUT2D eigenvalue weighted by Crippen LogP contribution is -2.19. The molecule has 0 fully saturated rings. The molecule has 0 heterocycles. The highest BCUT2D eigenvalue weighted by atomic mass is 28.2. The van der Waals surface area contributed by atoms with Crippen molar-refractivity contribution in [1.29, 1.82) is 0 Å². The fourth-order valence-corrected chi connectivity index (χ4v) is 5.66. The van der Waals surface area contributed by atoms with E-state index in [0.29, 0.717) is 0 Å². The third kappa shape index (κ3) is 13.6. The van der Waals surface area contributed by atoms with Gasteiger partial charge in [-0.1, -0.05) is 12.1 Å². The molecule has 5 nitrogen and oxygen atoms in total. The van der Waals surface area contributed by atoms with Gasteiger partial charge in [-0.15, -0.1) is 0 Å². The first-order chi connectivity index (χ1) is 10.3. The van der Waals surface area contributed by atoms with Gasteiger partial charge in [0, 0.05) is 47.5 Å². The number of methoxy groups -OCH3 is 4. The largest absolute Gasteiger partial charge is 0.356 e. The molecule has 0 unspecified atom stereocenters. The first-order valence-electron chi connectivity index (χ1n) is 8.10. The summed E-state index contributed by atoms with van der Waals surface area (Å²) in [4.78, 5) is 0. The van der Waals surface area contributed by atoms with Crippen LogP contribution in [0.1, 0.15) is 12.8 Å². The molecule has 0 aliphatic heterocycles. The third-order valence-corrected chi connectivity index (χ3v) is 7.40. The van der Waals surface area contributed by atoms with Crippen LogP contribution in [0.15, 0.2) is 0 Å². The molecule has 0 spiro atoms. The zero-order chi connectivity index (χ0) is 15.8. The maximum absolute atomic E-state index is 5.20. The Hall–Kier alpha value is 0.234. The number of rotatable bonds is 16. The standard InChI is InChI=1S/C14H35NO4Si2/c1-16-13(17-2)11-20-9-5-7-15-8-6-10-21-12-14(18-3)19-4/h13-15H,5-12,20-21H2,1-4H3. The summed E-state index contributed by atoms with van der Waals surface area (Å²) in [5.74, 6) is 0. The van der Waals surface area contributed by atoms with Gasteiger partial charge in [0.25, 0.3) is 0 Å². The molecule has 0 rings (SSSR count). The van der Waals surface area contributed by atoms with Crippen LogP contribution >= 0.6 is 0 Å². The van der Waals surface area contributed by atoms with E-state index in [1.165, 1.54) is 24.9 Å². The first kappa shape index (κ1) is 21.2. The zero-order valence-electron chi connectivity index (χ0n) is 14.4. The first-order valence-corrected chi connectivity index (χ1v) is 12.1. The van der Waals surface area contributed by atoms with Crippen LogP contribution in [0.4, 0.5) is 0 Å². The fourth-order valence-electron chi connectivity index (χ4n) is 2.26. The number of hydrogen-bond acceptors (Lipinski definition) is 5. The minimum Gasteiger partial charge on any atom is -0.356 e. The van der Waals surface area contributed by atoms with Gasteiger partial charge in [-0.3, -0.25) is 0 Å². The number of ether oxygens (including phenoxy) is 4. The van der Waals surface area contributed by atoms with Crippen molar-refractivity contribution in [2.75, 3.05) is 41.5 Å². The topological polar surface area (TPSA) is 49.0 Å². The molecule has 0 amide bonds. The van der Waals surface area contributed by atoms with E-state index < -0.39 is 0 Å². The molecule has 0 radical (unpaired) electrons. The van der Waals surface area contributed by atoms with Gasteiger partial charge in [0.15, 0.2) is 12.6 Å². The molecular weight excluding hydrogens is 302 g/mol. The molecule has 0 aromatic heterocycles. The maximum Gasteiger partial charge on any atom is 0.153 e. The van der Waals surface area contributed by atoms with Crippen LogP contribution in [-0.2, 0) is 18.9 Å². The molecule has 0 bridgehead atoms. The van der Waals surface area contributed by atoms with Crippen molar-refractivity contribution in [2.24, 2.45) is 0 Å². The summed E-state index contributed by atoms with van der Waals surface area (Å²) in [7, 11) is 6.81. The van der Waals surface area contributed by atoms with E-state index in [9.17, 15) is 0 Å². The molecule has 0 aromatic carbocycles. The van der Waals surface area contributed by atoms with Gasteiger partial charge in [0.1, 0.15) is 0 Å². The molecule has 0 saturated heterocycles. The van der Waals surface area contributed by atoms with Gasteiger partial charge in [-0.05, 0) is 38.0 Å². The highest BCUT2D eigenvalue weighted by Gasteiger charge is 2.05.